The summed E-state index contributed by atoms with van der Waals surface area (Å²) in [6, 6.07) is 1.69. The Balaban J connectivity index is 3.15. The highest BCUT2D eigenvalue weighted by atomic mass is 16.4. The highest BCUT2D eigenvalue weighted by molar-refractivity contribution is 5.95. The normalized spacial score (nSPS) is 11.4. The van der Waals surface area contributed by atoms with E-state index in [4.69, 9.17) is 5.11 Å². The van der Waals surface area contributed by atoms with Crippen molar-refractivity contribution in [2.75, 3.05) is 6.54 Å². The number of amides is 1. The Kier molecular flexibility index (Phi) is 4.34. The largest absolute Gasteiger partial charge is 0.480 e. The van der Waals surface area contributed by atoms with Gasteiger partial charge in [0.2, 0.25) is 0 Å². The van der Waals surface area contributed by atoms with Gasteiger partial charge in [0.05, 0.1) is 5.69 Å². The first-order valence-corrected chi connectivity index (χ1v) is 6.25. The predicted molar refractivity (Wildman–Crippen MR) is 71.1 cm³/mol. The Labute approximate surface area is 113 Å². The molecule has 0 fully saturated rings. The van der Waals surface area contributed by atoms with Gasteiger partial charge >= 0.3 is 5.97 Å². The quantitative estimate of drug-likeness (QED) is 0.897. The maximum absolute atomic E-state index is 12.5. The summed E-state index contributed by atoms with van der Waals surface area (Å²) in [5.41, 5.74) is 0.609. The minimum absolute atomic E-state index is 0.308. The van der Waals surface area contributed by atoms with Gasteiger partial charge in [-0.1, -0.05) is 0 Å². The number of carbonyl (C=O) groups excluding carboxylic acids is 1. The lowest BCUT2D eigenvalue weighted by Crippen LogP contribution is -2.48. The van der Waals surface area contributed by atoms with Gasteiger partial charge in [-0.25, -0.2) is 0 Å². The fraction of sp³-hybridized carbons (Fsp3) is 0.615. The fourth-order valence-electron chi connectivity index (χ4n) is 1.85. The highest BCUT2D eigenvalue weighted by Crippen LogP contribution is 2.17. The summed E-state index contributed by atoms with van der Waals surface area (Å²) in [6.45, 7) is 9.38. The number of carboxylic acids is 1. The van der Waals surface area contributed by atoms with Gasteiger partial charge in [0.1, 0.15) is 12.2 Å². The average Bonchev–Trinajstić information content (AvgIpc) is 2.64. The first kappa shape index (κ1) is 15.2. The van der Waals surface area contributed by atoms with Crippen molar-refractivity contribution >= 4 is 11.9 Å². The molecule has 6 heteroatoms. The van der Waals surface area contributed by atoms with Crippen molar-refractivity contribution in [2.24, 2.45) is 0 Å². The molecule has 0 saturated heterocycles. The van der Waals surface area contributed by atoms with Gasteiger partial charge in [-0.05, 0) is 40.7 Å². The standard InChI is InChI=1S/C13H21N3O3/c1-6-16-10(7-9(2)14-16)12(19)15(8-11(17)18)13(3,4)5/h7H,6,8H2,1-5H3,(H,17,18). The van der Waals surface area contributed by atoms with Crippen LogP contribution in [-0.2, 0) is 11.3 Å². The van der Waals surface area contributed by atoms with Crippen LogP contribution >= 0.6 is 0 Å². The molecule has 1 heterocycles. The van der Waals surface area contributed by atoms with Crippen molar-refractivity contribution in [1.29, 1.82) is 0 Å². The first-order valence-electron chi connectivity index (χ1n) is 6.25. The molecule has 19 heavy (non-hydrogen) atoms. The van der Waals surface area contributed by atoms with E-state index in [1.165, 1.54) is 4.90 Å². The van der Waals surface area contributed by atoms with Crippen LogP contribution in [0.4, 0.5) is 0 Å². The molecule has 0 aliphatic heterocycles. The molecule has 6 nitrogen and oxygen atoms in total. The van der Waals surface area contributed by atoms with Crippen LogP contribution in [0.3, 0.4) is 0 Å². The van der Waals surface area contributed by atoms with Crippen LogP contribution < -0.4 is 0 Å². The van der Waals surface area contributed by atoms with E-state index in [-0.39, 0.29) is 12.5 Å². The monoisotopic (exact) mass is 267 g/mol. The molecule has 0 unspecified atom stereocenters. The number of aliphatic carboxylic acids is 1. The molecular weight excluding hydrogens is 246 g/mol. The number of nitrogens with zero attached hydrogens (tertiary/aromatic N) is 3. The molecule has 0 aliphatic carbocycles. The predicted octanol–water partition coefficient (Wildman–Crippen LogP) is 1.54. The van der Waals surface area contributed by atoms with Crippen molar-refractivity contribution in [3.63, 3.8) is 0 Å². The van der Waals surface area contributed by atoms with Gasteiger partial charge in [0.15, 0.2) is 0 Å². The number of rotatable bonds is 4. The van der Waals surface area contributed by atoms with E-state index >= 15 is 0 Å². The number of aryl methyl sites for hydroxylation is 2. The molecule has 0 radical (unpaired) electrons. The lowest BCUT2D eigenvalue weighted by atomic mass is 10.1. The van der Waals surface area contributed by atoms with Crippen molar-refractivity contribution in [2.45, 2.75) is 46.7 Å². The van der Waals surface area contributed by atoms with Crippen LogP contribution in [0.15, 0.2) is 6.07 Å². The van der Waals surface area contributed by atoms with Gasteiger partial charge in [0, 0.05) is 12.1 Å². The Hall–Kier alpha value is -1.85. The summed E-state index contributed by atoms with van der Waals surface area (Å²) < 4.78 is 1.60. The third-order valence-electron chi connectivity index (χ3n) is 2.77. The number of hydrogen-bond acceptors (Lipinski definition) is 3. The molecule has 1 aromatic heterocycles. The molecule has 0 atom stereocenters. The van der Waals surface area contributed by atoms with Crippen LogP contribution in [0.5, 0.6) is 0 Å². The van der Waals surface area contributed by atoms with Crippen molar-refractivity contribution in [1.82, 2.24) is 14.7 Å². The molecule has 0 saturated carbocycles. The zero-order valence-corrected chi connectivity index (χ0v) is 12.1. The average molecular weight is 267 g/mol. The SMILES string of the molecule is CCn1nc(C)cc1C(=O)N(CC(=O)O)C(C)(C)C. The van der Waals surface area contributed by atoms with E-state index < -0.39 is 11.5 Å². The Morgan fingerprint density at radius 2 is 2.00 bits per heavy atom. The molecule has 1 aromatic rings. The molecule has 0 spiro atoms. The summed E-state index contributed by atoms with van der Waals surface area (Å²) >= 11 is 0. The van der Waals surface area contributed by atoms with Crippen LogP contribution in [0, 0.1) is 6.92 Å². The molecule has 0 bridgehead atoms. The zero-order chi connectivity index (χ0) is 14.8. The zero-order valence-electron chi connectivity index (χ0n) is 12.1. The molecule has 0 aliphatic rings. The van der Waals surface area contributed by atoms with Crippen molar-refractivity contribution in [3.8, 4) is 0 Å². The maximum atomic E-state index is 12.5. The molecule has 106 valence electrons. The van der Waals surface area contributed by atoms with Crippen LogP contribution in [0.1, 0.15) is 43.9 Å². The van der Waals surface area contributed by atoms with Gasteiger partial charge in [-0.2, -0.15) is 5.10 Å². The van der Waals surface area contributed by atoms with Crippen LogP contribution in [-0.4, -0.2) is 43.7 Å². The topological polar surface area (TPSA) is 75.4 Å². The third kappa shape index (κ3) is 3.56. The van der Waals surface area contributed by atoms with Crippen molar-refractivity contribution in [3.05, 3.63) is 17.5 Å². The lowest BCUT2D eigenvalue weighted by Gasteiger charge is -2.34. The summed E-state index contributed by atoms with van der Waals surface area (Å²) in [5.74, 6) is -1.33. The Morgan fingerprint density at radius 1 is 1.42 bits per heavy atom. The van der Waals surface area contributed by atoms with E-state index in [1.807, 2.05) is 34.6 Å². The van der Waals surface area contributed by atoms with E-state index in [2.05, 4.69) is 5.10 Å². The number of aromatic nitrogens is 2. The third-order valence-corrected chi connectivity index (χ3v) is 2.77. The van der Waals surface area contributed by atoms with E-state index in [0.717, 1.165) is 5.69 Å². The second kappa shape index (κ2) is 5.42. The number of carboxylic acid groups (broad SMARTS) is 1. The molecule has 1 rings (SSSR count). The smallest absolute Gasteiger partial charge is 0.323 e. The summed E-state index contributed by atoms with van der Waals surface area (Å²) in [5, 5.41) is 13.2. The number of hydrogen-bond donors (Lipinski definition) is 1. The summed E-state index contributed by atoms with van der Waals surface area (Å²) in [6.07, 6.45) is 0. The van der Waals surface area contributed by atoms with Crippen LogP contribution in [0.2, 0.25) is 0 Å². The molecule has 0 aromatic carbocycles. The van der Waals surface area contributed by atoms with Crippen molar-refractivity contribution < 1.29 is 14.7 Å². The van der Waals surface area contributed by atoms with E-state index in [1.54, 1.807) is 10.7 Å². The molecule has 1 N–H and O–H groups in total. The summed E-state index contributed by atoms with van der Waals surface area (Å²) in [4.78, 5) is 24.8. The lowest BCUT2D eigenvalue weighted by molar-refractivity contribution is -0.138. The first-order chi connectivity index (χ1) is 8.66. The van der Waals surface area contributed by atoms with E-state index in [9.17, 15) is 9.59 Å². The second-order valence-electron chi connectivity index (χ2n) is 5.44. The fourth-order valence-corrected chi connectivity index (χ4v) is 1.85. The Bertz CT molecular complexity index is 486. The second-order valence-corrected chi connectivity index (χ2v) is 5.44. The minimum Gasteiger partial charge on any atom is -0.480 e. The highest BCUT2D eigenvalue weighted by Gasteiger charge is 2.31. The summed E-state index contributed by atoms with van der Waals surface area (Å²) in [7, 11) is 0. The molecule has 1 amide bonds. The maximum Gasteiger partial charge on any atom is 0.323 e. The van der Waals surface area contributed by atoms with Crippen LogP contribution in [0.25, 0.3) is 0 Å². The van der Waals surface area contributed by atoms with Gasteiger partial charge in [-0.15, -0.1) is 0 Å². The van der Waals surface area contributed by atoms with E-state index in [0.29, 0.717) is 12.2 Å². The van der Waals surface area contributed by atoms with Gasteiger partial charge in [-0.3, -0.25) is 14.3 Å². The number of carbonyl (C=O) groups is 2. The van der Waals surface area contributed by atoms with Gasteiger partial charge < -0.3 is 10.0 Å². The Morgan fingerprint density at radius 3 is 2.42 bits per heavy atom. The van der Waals surface area contributed by atoms with Gasteiger partial charge in [0.25, 0.3) is 5.91 Å². The minimum atomic E-state index is -1.03. The molecular formula is C13H21N3O3.